The smallest absolute Gasteiger partial charge is 0.148 e. The topological polar surface area (TPSA) is 58.9 Å². The average Bonchev–Trinajstić information content (AvgIpc) is 3.51. The minimum absolute atomic E-state index is 0.558. The standard InChI is InChI=1S/C27H38N6/c1-18-10-20-8-9-27(11-18,12-20)17-33-15-22-5-4-21(23(22)16-33)14-28-25-7-6-24(30-31-25)26-19(2)13-29-32(26)3/h6-8,13,18,21-23H,4-5,9-12,14-17H2,1-3H3,(H,28,31). The molecule has 0 spiro atoms. The lowest BCUT2D eigenvalue weighted by Gasteiger charge is -2.39. The highest BCUT2D eigenvalue weighted by molar-refractivity contribution is 5.59. The molecule has 2 saturated carbocycles. The fourth-order valence-corrected chi connectivity index (χ4v) is 7.77. The molecule has 0 amide bonds. The second-order valence-corrected chi connectivity index (χ2v) is 11.7. The molecule has 4 aliphatic rings. The molecule has 2 aromatic heterocycles. The third kappa shape index (κ3) is 4.01. The molecule has 1 N–H and O–H groups in total. The van der Waals surface area contributed by atoms with Gasteiger partial charge in [-0.15, -0.1) is 10.2 Å². The van der Waals surface area contributed by atoms with E-state index in [2.05, 4.69) is 57.6 Å². The van der Waals surface area contributed by atoms with Crippen LogP contribution < -0.4 is 5.32 Å². The zero-order valence-electron chi connectivity index (χ0n) is 20.4. The van der Waals surface area contributed by atoms with Crippen LogP contribution in [-0.4, -0.2) is 51.1 Å². The van der Waals surface area contributed by atoms with Crippen molar-refractivity contribution in [2.24, 2.45) is 36.1 Å². The highest BCUT2D eigenvalue weighted by atomic mass is 15.3. The Balaban J connectivity index is 1.05. The number of anilines is 1. The molecule has 3 aliphatic carbocycles. The molecule has 2 aromatic rings. The number of nitrogens with zero attached hydrogens (tertiary/aromatic N) is 5. The minimum Gasteiger partial charge on any atom is -0.368 e. The van der Waals surface area contributed by atoms with Crippen molar-refractivity contribution >= 4 is 5.82 Å². The van der Waals surface area contributed by atoms with Crippen LogP contribution in [0.5, 0.6) is 0 Å². The Morgan fingerprint density at radius 1 is 1.18 bits per heavy atom. The predicted octanol–water partition coefficient (Wildman–Crippen LogP) is 4.69. The Labute approximate surface area is 197 Å². The maximum absolute atomic E-state index is 4.47. The van der Waals surface area contributed by atoms with Gasteiger partial charge in [0.1, 0.15) is 11.5 Å². The summed E-state index contributed by atoms with van der Waals surface area (Å²) in [5.41, 5.74) is 5.35. The number of likely N-dealkylation sites (tertiary alicyclic amines) is 1. The second kappa shape index (κ2) is 8.23. The van der Waals surface area contributed by atoms with Crippen LogP contribution in [0.1, 0.15) is 51.0 Å². The van der Waals surface area contributed by atoms with Gasteiger partial charge in [0.15, 0.2) is 0 Å². The molecule has 6 rings (SSSR count). The van der Waals surface area contributed by atoms with Gasteiger partial charge in [-0.05, 0) is 92.2 Å². The maximum Gasteiger partial charge on any atom is 0.148 e. The van der Waals surface area contributed by atoms with Gasteiger partial charge in [-0.1, -0.05) is 18.6 Å². The molecule has 1 aliphatic heterocycles. The van der Waals surface area contributed by atoms with Crippen molar-refractivity contribution in [1.29, 1.82) is 0 Å². The fourth-order valence-electron chi connectivity index (χ4n) is 7.77. The summed E-state index contributed by atoms with van der Waals surface area (Å²) < 4.78 is 1.87. The van der Waals surface area contributed by atoms with Crippen LogP contribution >= 0.6 is 0 Å². The summed E-state index contributed by atoms with van der Waals surface area (Å²) in [5, 5.41) is 16.9. The Bertz CT molecular complexity index is 1020. The van der Waals surface area contributed by atoms with E-state index in [4.69, 9.17) is 0 Å². The Kier molecular flexibility index (Phi) is 5.32. The molecule has 5 atom stereocenters. The average molecular weight is 447 g/mol. The van der Waals surface area contributed by atoms with Crippen LogP contribution in [0.3, 0.4) is 0 Å². The number of fused-ring (bicyclic) bond motifs is 3. The Morgan fingerprint density at radius 2 is 2.09 bits per heavy atom. The van der Waals surface area contributed by atoms with Gasteiger partial charge in [0.2, 0.25) is 0 Å². The van der Waals surface area contributed by atoms with E-state index in [9.17, 15) is 0 Å². The molecule has 0 radical (unpaired) electrons. The molecule has 0 aromatic carbocycles. The first-order valence-corrected chi connectivity index (χ1v) is 12.9. The van der Waals surface area contributed by atoms with Crippen molar-refractivity contribution in [1.82, 2.24) is 24.9 Å². The molecular weight excluding hydrogens is 408 g/mol. The lowest BCUT2D eigenvalue weighted by Crippen LogP contribution is -2.39. The van der Waals surface area contributed by atoms with Gasteiger partial charge in [0.05, 0.1) is 11.9 Å². The van der Waals surface area contributed by atoms with E-state index in [1.165, 1.54) is 58.2 Å². The van der Waals surface area contributed by atoms with Crippen molar-refractivity contribution in [2.75, 3.05) is 31.5 Å². The lowest BCUT2D eigenvalue weighted by atomic mass is 9.71. The van der Waals surface area contributed by atoms with E-state index in [1.807, 2.05) is 17.9 Å². The quantitative estimate of drug-likeness (QED) is 0.652. The fraction of sp³-hybridized carbons (Fsp3) is 0.667. The van der Waals surface area contributed by atoms with Crippen LogP contribution in [0.2, 0.25) is 0 Å². The number of hydrogen-bond donors (Lipinski definition) is 1. The molecule has 2 bridgehead atoms. The van der Waals surface area contributed by atoms with Crippen LogP contribution in [0, 0.1) is 36.0 Å². The highest BCUT2D eigenvalue weighted by Gasteiger charge is 2.46. The van der Waals surface area contributed by atoms with Gasteiger partial charge >= 0.3 is 0 Å². The molecule has 1 saturated heterocycles. The van der Waals surface area contributed by atoms with Crippen molar-refractivity contribution in [3.05, 3.63) is 35.5 Å². The summed E-state index contributed by atoms with van der Waals surface area (Å²) >= 11 is 0. The van der Waals surface area contributed by atoms with Gasteiger partial charge in [-0.2, -0.15) is 5.10 Å². The summed E-state index contributed by atoms with van der Waals surface area (Å²) in [5.74, 6) is 4.25. The van der Waals surface area contributed by atoms with E-state index in [0.717, 1.165) is 53.0 Å². The first kappa shape index (κ1) is 21.3. The van der Waals surface area contributed by atoms with E-state index < -0.39 is 0 Å². The number of hydrogen-bond acceptors (Lipinski definition) is 5. The van der Waals surface area contributed by atoms with Crippen molar-refractivity contribution in [3.63, 3.8) is 0 Å². The predicted molar refractivity (Wildman–Crippen MR) is 132 cm³/mol. The first-order valence-electron chi connectivity index (χ1n) is 12.9. The summed E-state index contributed by atoms with van der Waals surface area (Å²) in [4.78, 5) is 2.83. The lowest BCUT2D eigenvalue weighted by molar-refractivity contribution is 0.125. The van der Waals surface area contributed by atoms with Crippen LogP contribution in [0.15, 0.2) is 30.0 Å². The number of nitrogens with one attached hydrogen (secondary N) is 1. The van der Waals surface area contributed by atoms with Gasteiger partial charge in [0.25, 0.3) is 0 Å². The van der Waals surface area contributed by atoms with Crippen molar-refractivity contribution in [2.45, 2.75) is 52.4 Å². The molecule has 6 heteroatoms. The number of rotatable bonds is 6. The molecule has 33 heavy (non-hydrogen) atoms. The van der Waals surface area contributed by atoms with Crippen LogP contribution in [-0.2, 0) is 7.05 Å². The Morgan fingerprint density at radius 3 is 2.88 bits per heavy atom. The highest BCUT2D eigenvalue weighted by Crippen LogP contribution is 2.51. The zero-order chi connectivity index (χ0) is 22.6. The SMILES string of the molecule is Cc1cnn(C)c1-c1ccc(NCC2CCC3CN(CC45CC=C(CC(C)C4)C5)CC23)nn1. The largest absolute Gasteiger partial charge is 0.368 e. The summed E-state index contributed by atoms with van der Waals surface area (Å²) in [7, 11) is 1.95. The summed E-state index contributed by atoms with van der Waals surface area (Å²) in [6, 6.07) is 4.12. The van der Waals surface area contributed by atoms with Crippen molar-refractivity contribution in [3.8, 4) is 11.4 Å². The van der Waals surface area contributed by atoms with E-state index in [1.54, 1.807) is 5.57 Å². The summed E-state index contributed by atoms with van der Waals surface area (Å²) in [6.45, 7) is 9.49. The third-order valence-electron chi connectivity index (χ3n) is 9.03. The molecule has 6 nitrogen and oxygen atoms in total. The number of aryl methyl sites for hydroxylation is 2. The molecule has 5 unspecified atom stereocenters. The number of allylic oxidation sites excluding steroid dienone is 2. The van der Waals surface area contributed by atoms with Gasteiger partial charge in [0, 0.05) is 33.2 Å². The maximum atomic E-state index is 4.47. The molecule has 176 valence electrons. The van der Waals surface area contributed by atoms with Gasteiger partial charge < -0.3 is 10.2 Å². The summed E-state index contributed by atoms with van der Waals surface area (Å²) in [6.07, 6.45) is 12.7. The Hall–Kier alpha value is -2.21. The van der Waals surface area contributed by atoms with E-state index >= 15 is 0 Å². The van der Waals surface area contributed by atoms with Gasteiger partial charge in [-0.3, -0.25) is 4.68 Å². The molecular formula is C27H38N6. The molecule has 3 heterocycles. The monoisotopic (exact) mass is 446 g/mol. The van der Waals surface area contributed by atoms with E-state index in [0.29, 0.717) is 5.41 Å². The second-order valence-electron chi connectivity index (χ2n) is 11.7. The minimum atomic E-state index is 0.558. The normalized spacial score (nSPS) is 33.4. The van der Waals surface area contributed by atoms with Crippen LogP contribution in [0.4, 0.5) is 5.82 Å². The first-order chi connectivity index (χ1) is 16.0. The number of aromatic nitrogens is 4. The third-order valence-corrected chi connectivity index (χ3v) is 9.03. The van der Waals surface area contributed by atoms with E-state index in [-0.39, 0.29) is 0 Å². The zero-order valence-corrected chi connectivity index (χ0v) is 20.4. The molecule has 3 fully saturated rings. The van der Waals surface area contributed by atoms with Crippen LogP contribution in [0.25, 0.3) is 11.4 Å². The van der Waals surface area contributed by atoms with Gasteiger partial charge in [-0.25, -0.2) is 0 Å². The van der Waals surface area contributed by atoms with Crippen molar-refractivity contribution < 1.29 is 0 Å².